The van der Waals surface area contributed by atoms with Crippen molar-refractivity contribution >= 4 is 0 Å². The fourth-order valence-corrected chi connectivity index (χ4v) is 3.23. The van der Waals surface area contributed by atoms with E-state index >= 15 is 0 Å². The van der Waals surface area contributed by atoms with Gasteiger partial charge < -0.3 is 5.73 Å². The van der Waals surface area contributed by atoms with Crippen molar-refractivity contribution in [3.63, 3.8) is 0 Å². The third-order valence-electron chi connectivity index (χ3n) is 4.82. The first-order valence-electron chi connectivity index (χ1n) is 7.47. The van der Waals surface area contributed by atoms with E-state index in [0.29, 0.717) is 0 Å². The molecule has 0 amide bonds. The summed E-state index contributed by atoms with van der Waals surface area (Å²) in [7, 11) is 0. The molecule has 2 atom stereocenters. The van der Waals surface area contributed by atoms with E-state index in [2.05, 4.69) is 4.90 Å². The largest absolute Gasteiger partial charge is 0.416 e. The highest BCUT2D eigenvalue weighted by atomic mass is 19.4. The Hall–Kier alpha value is -1.07. The third kappa shape index (κ3) is 3.09. The second kappa shape index (κ2) is 5.97. The Kier molecular flexibility index (Phi) is 4.63. The highest BCUT2D eigenvalue weighted by Gasteiger charge is 2.42. The van der Waals surface area contributed by atoms with Gasteiger partial charge in [-0.05, 0) is 50.9 Å². The lowest BCUT2D eigenvalue weighted by atomic mass is 9.82. The Bertz CT molecular complexity index is 481. The molecule has 2 N–H and O–H groups in total. The summed E-state index contributed by atoms with van der Waals surface area (Å²) in [6.07, 6.45) is -1.47. The van der Waals surface area contributed by atoms with Crippen LogP contribution in [-0.2, 0) is 6.18 Å². The lowest BCUT2D eigenvalue weighted by molar-refractivity contribution is -0.138. The highest BCUT2D eigenvalue weighted by molar-refractivity contribution is 5.34. The summed E-state index contributed by atoms with van der Waals surface area (Å²) in [5.41, 5.74) is 5.45. The number of hydrogen-bond donors (Lipinski definition) is 1. The van der Waals surface area contributed by atoms with Gasteiger partial charge in [0.25, 0.3) is 0 Å². The molecule has 1 aliphatic heterocycles. The van der Waals surface area contributed by atoms with E-state index in [1.165, 1.54) is 12.1 Å². The second-order valence-electron chi connectivity index (χ2n) is 5.97. The van der Waals surface area contributed by atoms with E-state index in [1.807, 2.05) is 13.8 Å². The number of halogens is 3. The standard InChI is InChI=1S/C16H23F3N2/c1-3-15(2,21-10-6-7-11-21)14(20)12-8-4-5-9-13(12)16(17,18)19/h4-5,8-9,14H,3,6-7,10-11,20H2,1-2H3. The molecule has 1 aromatic carbocycles. The molecule has 1 aliphatic rings. The van der Waals surface area contributed by atoms with E-state index in [4.69, 9.17) is 5.73 Å². The molecule has 1 aromatic rings. The minimum Gasteiger partial charge on any atom is -0.322 e. The molecule has 1 fully saturated rings. The molecular formula is C16H23F3N2. The third-order valence-corrected chi connectivity index (χ3v) is 4.82. The number of nitrogens with two attached hydrogens (primary N) is 1. The number of likely N-dealkylation sites (tertiary alicyclic amines) is 1. The summed E-state index contributed by atoms with van der Waals surface area (Å²) in [5.74, 6) is 0. The van der Waals surface area contributed by atoms with Crippen LogP contribution in [0.4, 0.5) is 13.2 Å². The molecule has 0 aromatic heterocycles. The van der Waals surface area contributed by atoms with E-state index in [1.54, 1.807) is 6.07 Å². The van der Waals surface area contributed by atoms with Crippen molar-refractivity contribution < 1.29 is 13.2 Å². The van der Waals surface area contributed by atoms with Crippen molar-refractivity contribution in [3.8, 4) is 0 Å². The number of rotatable bonds is 4. The van der Waals surface area contributed by atoms with E-state index in [9.17, 15) is 13.2 Å². The molecule has 0 saturated carbocycles. The maximum Gasteiger partial charge on any atom is 0.416 e. The molecule has 5 heteroatoms. The fourth-order valence-electron chi connectivity index (χ4n) is 3.23. The van der Waals surface area contributed by atoms with Gasteiger partial charge in [-0.25, -0.2) is 0 Å². The number of hydrogen-bond acceptors (Lipinski definition) is 2. The normalized spacial score (nSPS) is 21.2. The van der Waals surface area contributed by atoms with Crippen LogP contribution >= 0.6 is 0 Å². The van der Waals surface area contributed by atoms with Crippen molar-refractivity contribution in [3.05, 3.63) is 35.4 Å². The van der Waals surface area contributed by atoms with Crippen LogP contribution in [0.15, 0.2) is 24.3 Å². The maximum absolute atomic E-state index is 13.2. The van der Waals surface area contributed by atoms with Gasteiger partial charge in [-0.3, -0.25) is 4.90 Å². The van der Waals surface area contributed by atoms with Crippen molar-refractivity contribution in [1.29, 1.82) is 0 Å². The zero-order chi connectivity index (χ0) is 15.7. The van der Waals surface area contributed by atoms with Crippen molar-refractivity contribution in [2.45, 2.75) is 50.9 Å². The quantitative estimate of drug-likeness (QED) is 0.911. The summed E-state index contributed by atoms with van der Waals surface area (Å²) < 4.78 is 39.6. The molecule has 2 unspecified atom stereocenters. The van der Waals surface area contributed by atoms with E-state index in [-0.39, 0.29) is 5.56 Å². The number of nitrogens with zero attached hydrogens (tertiary/aromatic N) is 1. The lowest BCUT2D eigenvalue weighted by Crippen LogP contribution is -2.52. The average molecular weight is 300 g/mol. The van der Waals surface area contributed by atoms with Crippen LogP contribution in [0.2, 0.25) is 0 Å². The van der Waals surface area contributed by atoms with Gasteiger partial charge in [-0.15, -0.1) is 0 Å². The van der Waals surface area contributed by atoms with Crippen LogP contribution in [0.1, 0.15) is 50.3 Å². The maximum atomic E-state index is 13.2. The van der Waals surface area contributed by atoms with Gasteiger partial charge in [-0.1, -0.05) is 25.1 Å². The van der Waals surface area contributed by atoms with Crippen molar-refractivity contribution in [2.75, 3.05) is 13.1 Å². The van der Waals surface area contributed by atoms with Gasteiger partial charge in [0.2, 0.25) is 0 Å². The lowest BCUT2D eigenvalue weighted by Gasteiger charge is -2.43. The minimum atomic E-state index is -4.37. The van der Waals surface area contributed by atoms with Crippen molar-refractivity contribution in [1.82, 2.24) is 4.90 Å². The zero-order valence-corrected chi connectivity index (χ0v) is 12.6. The number of alkyl halides is 3. The fraction of sp³-hybridized carbons (Fsp3) is 0.625. The van der Waals surface area contributed by atoms with Crippen LogP contribution < -0.4 is 5.73 Å². The molecule has 0 aliphatic carbocycles. The molecular weight excluding hydrogens is 277 g/mol. The predicted octanol–water partition coefficient (Wildman–Crippen LogP) is 3.97. The Morgan fingerprint density at radius 3 is 2.29 bits per heavy atom. The molecule has 2 rings (SSSR count). The first-order chi connectivity index (χ1) is 9.80. The van der Waals surface area contributed by atoms with Crippen LogP contribution in [0, 0.1) is 0 Å². The van der Waals surface area contributed by atoms with Gasteiger partial charge in [0.15, 0.2) is 0 Å². The monoisotopic (exact) mass is 300 g/mol. The van der Waals surface area contributed by atoms with Gasteiger partial charge in [0.1, 0.15) is 0 Å². The first-order valence-corrected chi connectivity index (χ1v) is 7.47. The molecule has 0 bridgehead atoms. The molecule has 2 nitrogen and oxygen atoms in total. The summed E-state index contributed by atoms with van der Waals surface area (Å²) in [6.45, 7) is 5.79. The summed E-state index contributed by atoms with van der Waals surface area (Å²) >= 11 is 0. The summed E-state index contributed by atoms with van der Waals surface area (Å²) in [5, 5.41) is 0. The van der Waals surface area contributed by atoms with Gasteiger partial charge in [0, 0.05) is 11.6 Å². The molecule has 0 radical (unpaired) electrons. The van der Waals surface area contributed by atoms with Crippen LogP contribution in [-0.4, -0.2) is 23.5 Å². The van der Waals surface area contributed by atoms with Gasteiger partial charge >= 0.3 is 6.18 Å². The summed E-state index contributed by atoms with van der Waals surface area (Å²) in [6, 6.07) is 5.02. The van der Waals surface area contributed by atoms with Crippen LogP contribution in [0.5, 0.6) is 0 Å². The number of benzene rings is 1. The second-order valence-corrected chi connectivity index (χ2v) is 5.97. The van der Waals surface area contributed by atoms with Crippen LogP contribution in [0.25, 0.3) is 0 Å². The predicted molar refractivity (Wildman–Crippen MR) is 77.9 cm³/mol. The van der Waals surface area contributed by atoms with Crippen molar-refractivity contribution in [2.24, 2.45) is 5.73 Å². The Morgan fingerprint density at radius 1 is 1.19 bits per heavy atom. The Balaban J connectivity index is 2.40. The first kappa shape index (κ1) is 16.3. The summed E-state index contributed by atoms with van der Waals surface area (Å²) in [4.78, 5) is 2.24. The topological polar surface area (TPSA) is 29.3 Å². The van der Waals surface area contributed by atoms with E-state index < -0.39 is 23.3 Å². The average Bonchev–Trinajstić information content (AvgIpc) is 2.99. The molecule has 1 heterocycles. The van der Waals surface area contributed by atoms with Gasteiger partial charge in [0.05, 0.1) is 5.56 Å². The highest BCUT2D eigenvalue weighted by Crippen LogP contribution is 2.40. The molecule has 21 heavy (non-hydrogen) atoms. The van der Waals surface area contributed by atoms with E-state index in [0.717, 1.165) is 38.4 Å². The smallest absolute Gasteiger partial charge is 0.322 e. The Labute approximate surface area is 124 Å². The molecule has 118 valence electrons. The van der Waals surface area contributed by atoms with Crippen LogP contribution in [0.3, 0.4) is 0 Å². The Morgan fingerprint density at radius 2 is 1.76 bits per heavy atom. The molecule has 0 spiro atoms. The zero-order valence-electron chi connectivity index (χ0n) is 12.6. The molecule has 1 saturated heterocycles. The minimum absolute atomic E-state index is 0.196. The SMILES string of the molecule is CCC(C)(C(N)c1ccccc1C(F)(F)F)N1CCCC1. The van der Waals surface area contributed by atoms with Gasteiger partial charge in [-0.2, -0.15) is 13.2 Å².